The van der Waals surface area contributed by atoms with E-state index in [4.69, 9.17) is 5.11 Å². The third-order valence-corrected chi connectivity index (χ3v) is 5.72. The number of hydrogen-bond donors (Lipinski definition) is 2. The molecule has 2 fully saturated rings. The SMILES string of the molecule is CC(C(=O)O)S(=O)(=O)N1CC[C@H]2CNC[C@H]21. The summed E-state index contributed by atoms with van der Waals surface area (Å²) in [6, 6.07) is -0.0493. The lowest BCUT2D eigenvalue weighted by molar-refractivity contribution is -0.136. The van der Waals surface area contributed by atoms with E-state index in [1.54, 1.807) is 0 Å². The van der Waals surface area contributed by atoms with Crippen LogP contribution in [0, 0.1) is 5.92 Å². The van der Waals surface area contributed by atoms with Gasteiger partial charge in [0.1, 0.15) is 0 Å². The zero-order valence-electron chi connectivity index (χ0n) is 9.09. The van der Waals surface area contributed by atoms with E-state index < -0.39 is 21.2 Å². The molecule has 3 atom stereocenters. The molecule has 0 amide bonds. The first kappa shape index (κ1) is 11.8. The second kappa shape index (κ2) is 3.97. The summed E-state index contributed by atoms with van der Waals surface area (Å²) in [5, 5.41) is 10.6. The third-order valence-electron chi connectivity index (χ3n) is 3.52. The second-order valence-corrected chi connectivity index (χ2v) is 6.62. The Balaban J connectivity index is 2.21. The smallest absolute Gasteiger partial charge is 0.323 e. The Morgan fingerprint density at radius 3 is 2.81 bits per heavy atom. The summed E-state index contributed by atoms with van der Waals surface area (Å²) in [5.74, 6) is -0.940. The van der Waals surface area contributed by atoms with Crippen molar-refractivity contribution in [2.24, 2.45) is 5.92 Å². The number of nitrogens with one attached hydrogen (secondary N) is 1. The molecule has 7 heteroatoms. The Kier molecular flexibility index (Phi) is 2.93. The molecule has 2 rings (SSSR count). The van der Waals surface area contributed by atoms with Gasteiger partial charge in [0.25, 0.3) is 0 Å². The highest BCUT2D eigenvalue weighted by atomic mass is 32.2. The van der Waals surface area contributed by atoms with Gasteiger partial charge in [0.05, 0.1) is 0 Å². The molecular formula is C9H16N2O4S. The van der Waals surface area contributed by atoms with Gasteiger partial charge in [-0.15, -0.1) is 0 Å². The Hall–Kier alpha value is -0.660. The van der Waals surface area contributed by atoms with Gasteiger partial charge in [0, 0.05) is 19.1 Å². The van der Waals surface area contributed by atoms with Gasteiger partial charge in [-0.3, -0.25) is 4.79 Å². The van der Waals surface area contributed by atoms with Gasteiger partial charge >= 0.3 is 5.97 Å². The van der Waals surface area contributed by atoms with Crippen LogP contribution in [-0.4, -0.2) is 54.7 Å². The molecule has 2 N–H and O–H groups in total. The first-order valence-electron chi connectivity index (χ1n) is 5.38. The number of carboxylic acid groups (broad SMARTS) is 1. The highest BCUT2D eigenvalue weighted by Crippen LogP contribution is 2.30. The summed E-state index contributed by atoms with van der Waals surface area (Å²) in [4.78, 5) is 10.8. The lowest BCUT2D eigenvalue weighted by atomic mass is 10.1. The van der Waals surface area contributed by atoms with E-state index in [1.807, 2.05) is 0 Å². The van der Waals surface area contributed by atoms with E-state index >= 15 is 0 Å². The lowest BCUT2D eigenvalue weighted by Crippen LogP contribution is -2.45. The van der Waals surface area contributed by atoms with Crippen LogP contribution in [0.15, 0.2) is 0 Å². The highest BCUT2D eigenvalue weighted by Gasteiger charge is 2.46. The largest absolute Gasteiger partial charge is 0.480 e. The van der Waals surface area contributed by atoms with Crippen LogP contribution in [0.5, 0.6) is 0 Å². The van der Waals surface area contributed by atoms with Gasteiger partial charge in [-0.05, 0) is 25.8 Å². The van der Waals surface area contributed by atoms with Crippen molar-refractivity contribution in [3.63, 3.8) is 0 Å². The van der Waals surface area contributed by atoms with Crippen molar-refractivity contribution in [1.82, 2.24) is 9.62 Å². The zero-order valence-corrected chi connectivity index (χ0v) is 9.90. The monoisotopic (exact) mass is 248 g/mol. The maximum atomic E-state index is 12.0. The van der Waals surface area contributed by atoms with Gasteiger partial charge in [0.2, 0.25) is 10.0 Å². The predicted molar refractivity (Wildman–Crippen MR) is 57.5 cm³/mol. The lowest BCUT2D eigenvalue weighted by Gasteiger charge is -2.24. The number of aliphatic carboxylic acids is 1. The fourth-order valence-corrected chi connectivity index (χ4v) is 4.10. The number of carbonyl (C=O) groups is 1. The van der Waals surface area contributed by atoms with E-state index in [0.717, 1.165) is 13.0 Å². The highest BCUT2D eigenvalue weighted by molar-refractivity contribution is 7.90. The van der Waals surface area contributed by atoms with Crippen LogP contribution in [0.1, 0.15) is 13.3 Å². The average Bonchev–Trinajstić information content (AvgIpc) is 2.76. The average molecular weight is 248 g/mol. The normalized spacial score (nSPS) is 32.6. The molecule has 0 bridgehead atoms. The second-order valence-electron chi connectivity index (χ2n) is 4.41. The molecule has 2 aliphatic rings. The third kappa shape index (κ3) is 1.72. The molecule has 2 heterocycles. The van der Waals surface area contributed by atoms with Gasteiger partial charge in [-0.1, -0.05) is 0 Å². The number of hydrogen-bond acceptors (Lipinski definition) is 4. The van der Waals surface area contributed by atoms with Crippen LogP contribution < -0.4 is 5.32 Å². The molecule has 1 unspecified atom stereocenters. The minimum absolute atomic E-state index is 0.0493. The molecule has 0 aliphatic carbocycles. The minimum atomic E-state index is -3.70. The van der Waals surface area contributed by atoms with E-state index in [2.05, 4.69) is 5.32 Å². The number of fused-ring (bicyclic) bond motifs is 1. The van der Waals surface area contributed by atoms with Crippen molar-refractivity contribution in [3.05, 3.63) is 0 Å². The molecule has 0 radical (unpaired) electrons. The number of carboxylic acids is 1. The standard InChI is InChI=1S/C9H16N2O4S/c1-6(9(12)13)16(14,15)11-3-2-7-4-10-5-8(7)11/h6-8,10H,2-5H2,1H3,(H,12,13)/t6?,7-,8+/m0/s1. The molecule has 0 saturated carbocycles. The van der Waals surface area contributed by atoms with Crippen LogP contribution in [-0.2, 0) is 14.8 Å². The molecule has 0 spiro atoms. The van der Waals surface area contributed by atoms with Crippen molar-refractivity contribution in [1.29, 1.82) is 0 Å². The van der Waals surface area contributed by atoms with Crippen LogP contribution >= 0.6 is 0 Å². The van der Waals surface area contributed by atoms with Gasteiger partial charge in [-0.25, -0.2) is 8.42 Å². The van der Waals surface area contributed by atoms with Crippen LogP contribution in [0.3, 0.4) is 0 Å². The number of nitrogens with zero attached hydrogens (tertiary/aromatic N) is 1. The first-order valence-corrected chi connectivity index (χ1v) is 6.89. The summed E-state index contributed by atoms with van der Waals surface area (Å²) in [7, 11) is -3.70. The molecule has 92 valence electrons. The Bertz CT molecular complexity index is 394. The van der Waals surface area contributed by atoms with E-state index in [9.17, 15) is 13.2 Å². The minimum Gasteiger partial charge on any atom is -0.480 e. The maximum absolute atomic E-state index is 12.0. The molecular weight excluding hydrogens is 232 g/mol. The molecule has 6 nitrogen and oxygen atoms in total. The predicted octanol–water partition coefficient (Wildman–Crippen LogP) is -0.917. The van der Waals surface area contributed by atoms with Crippen molar-refractivity contribution >= 4 is 16.0 Å². The van der Waals surface area contributed by atoms with Gasteiger partial charge in [-0.2, -0.15) is 4.31 Å². The Labute approximate surface area is 94.7 Å². The summed E-state index contributed by atoms with van der Waals surface area (Å²) in [6.45, 7) is 3.15. The Morgan fingerprint density at radius 2 is 2.19 bits per heavy atom. The molecule has 0 aromatic rings. The zero-order chi connectivity index (χ0) is 11.9. The molecule has 2 aliphatic heterocycles. The fourth-order valence-electron chi connectivity index (χ4n) is 2.46. The number of sulfonamides is 1. The van der Waals surface area contributed by atoms with Crippen LogP contribution in [0.25, 0.3) is 0 Å². The maximum Gasteiger partial charge on any atom is 0.323 e. The van der Waals surface area contributed by atoms with Crippen LogP contribution in [0.4, 0.5) is 0 Å². The van der Waals surface area contributed by atoms with Crippen molar-refractivity contribution in [3.8, 4) is 0 Å². The molecule has 0 aromatic carbocycles. The molecule has 16 heavy (non-hydrogen) atoms. The van der Waals surface area contributed by atoms with Gasteiger partial charge < -0.3 is 10.4 Å². The molecule has 0 aromatic heterocycles. The summed E-state index contributed by atoms with van der Waals surface area (Å²) in [6.07, 6.45) is 0.823. The van der Waals surface area contributed by atoms with Gasteiger partial charge in [0.15, 0.2) is 5.25 Å². The van der Waals surface area contributed by atoms with Crippen molar-refractivity contribution < 1.29 is 18.3 Å². The Morgan fingerprint density at radius 1 is 1.50 bits per heavy atom. The van der Waals surface area contributed by atoms with Crippen LogP contribution in [0.2, 0.25) is 0 Å². The number of rotatable bonds is 3. The fraction of sp³-hybridized carbons (Fsp3) is 0.889. The molecule has 2 saturated heterocycles. The van der Waals surface area contributed by atoms with E-state index in [1.165, 1.54) is 11.2 Å². The van der Waals surface area contributed by atoms with Crippen molar-refractivity contribution in [2.75, 3.05) is 19.6 Å². The van der Waals surface area contributed by atoms with E-state index in [0.29, 0.717) is 19.0 Å². The first-order chi connectivity index (χ1) is 7.44. The quantitative estimate of drug-likeness (QED) is 0.675. The summed E-state index contributed by atoms with van der Waals surface area (Å²) >= 11 is 0. The topological polar surface area (TPSA) is 86.7 Å². The summed E-state index contributed by atoms with van der Waals surface area (Å²) < 4.78 is 25.4. The van der Waals surface area contributed by atoms with E-state index in [-0.39, 0.29) is 6.04 Å². The summed E-state index contributed by atoms with van der Waals surface area (Å²) in [5.41, 5.74) is 0. The van der Waals surface area contributed by atoms with Crippen molar-refractivity contribution in [2.45, 2.75) is 24.6 Å².